The maximum Gasteiger partial charge on any atom is 0.226 e. The van der Waals surface area contributed by atoms with Crippen molar-refractivity contribution >= 4 is 11.8 Å². The summed E-state index contributed by atoms with van der Waals surface area (Å²) in [4.78, 5) is 28.7. The van der Waals surface area contributed by atoms with Gasteiger partial charge in [0.2, 0.25) is 11.8 Å². The third kappa shape index (κ3) is 6.34. The average molecular weight is 409 g/mol. The van der Waals surface area contributed by atoms with Crippen LogP contribution >= 0.6 is 0 Å². The quantitative estimate of drug-likeness (QED) is 0.668. The molecule has 1 heterocycles. The average Bonchev–Trinajstić information content (AvgIpc) is 2.76. The number of aryl methyl sites for hydroxylation is 3. The van der Waals surface area contributed by atoms with Gasteiger partial charge in [0.05, 0.1) is 13.0 Å². The molecule has 2 aromatic carbocycles. The standard InChI is InChI=1S/C25H32N2O3/c1-20-11-12-23(21(2)19-20)30-18-13-25(29)27-16-14-26(15-17-27)24(28)10-6-9-22-7-4-3-5-8-22/h3-5,7-8,11-12,19H,6,9-10,13-18H2,1-2H3. The van der Waals surface area contributed by atoms with Gasteiger partial charge in [0.15, 0.2) is 0 Å². The Hall–Kier alpha value is -2.82. The Labute approximate surface area is 179 Å². The summed E-state index contributed by atoms with van der Waals surface area (Å²) in [6.07, 6.45) is 2.70. The van der Waals surface area contributed by atoms with Crippen molar-refractivity contribution in [3.8, 4) is 5.75 Å². The van der Waals surface area contributed by atoms with Gasteiger partial charge in [0.1, 0.15) is 5.75 Å². The molecule has 1 aliphatic heterocycles. The largest absolute Gasteiger partial charge is 0.493 e. The number of rotatable bonds is 8. The Balaban J connectivity index is 1.34. The fraction of sp³-hybridized carbons (Fsp3) is 0.440. The Bertz CT molecular complexity index is 843. The van der Waals surface area contributed by atoms with Crippen molar-refractivity contribution in [1.82, 2.24) is 9.80 Å². The van der Waals surface area contributed by atoms with E-state index in [4.69, 9.17) is 4.74 Å². The maximum atomic E-state index is 12.5. The first-order valence-corrected chi connectivity index (χ1v) is 10.8. The van der Waals surface area contributed by atoms with Gasteiger partial charge in [-0.3, -0.25) is 9.59 Å². The van der Waals surface area contributed by atoms with E-state index in [0.29, 0.717) is 45.6 Å². The minimum absolute atomic E-state index is 0.0935. The SMILES string of the molecule is Cc1ccc(OCCC(=O)N2CCN(C(=O)CCCc3ccccc3)CC2)c(C)c1. The van der Waals surface area contributed by atoms with Gasteiger partial charge >= 0.3 is 0 Å². The van der Waals surface area contributed by atoms with Crippen LogP contribution in [0.4, 0.5) is 0 Å². The number of hydrogen-bond acceptors (Lipinski definition) is 3. The molecule has 5 heteroatoms. The lowest BCUT2D eigenvalue weighted by molar-refractivity contribution is -0.139. The van der Waals surface area contributed by atoms with Crippen molar-refractivity contribution in [2.24, 2.45) is 0 Å². The topological polar surface area (TPSA) is 49.9 Å². The number of carbonyl (C=O) groups is 2. The van der Waals surface area contributed by atoms with E-state index < -0.39 is 0 Å². The second kappa shape index (κ2) is 10.8. The molecule has 0 radical (unpaired) electrons. The molecule has 5 nitrogen and oxygen atoms in total. The first-order chi connectivity index (χ1) is 14.5. The van der Waals surface area contributed by atoms with Gasteiger partial charge in [-0.1, -0.05) is 48.0 Å². The molecule has 0 unspecified atom stereocenters. The van der Waals surface area contributed by atoms with Crippen LogP contribution in [0.2, 0.25) is 0 Å². The fourth-order valence-electron chi connectivity index (χ4n) is 3.82. The molecule has 0 aliphatic carbocycles. The highest BCUT2D eigenvalue weighted by molar-refractivity contribution is 5.78. The van der Waals surface area contributed by atoms with Crippen LogP contribution in [0.25, 0.3) is 0 Å². The van der Waals surface area contributed by atoms with E-state index in [-0.39, 0.29) is 11.8 Å². The van der Waals surface area contributed by atoms with E-state index in [9.17, 15) is 9.59 Å². The summed E-state index contributed by atoms with van der Waals surface area (Å²) in [6, 6.07) is 16.3. The van der Waals surface area contributed by atoms with Crippen LogP contribution in [0.3, 0.4) is 0 Å². The van der Waals surface area contributed by atoms with Crippen molar-refractivity contribution in [2.75, 3.05) is 32.8 Å². The van der Waals surface area contributed by atoms with Crippen molar-refractivity contribution < 1.29 is 14.3 Å². The molecule has 1 fully saturated rings. The number of ether oxygens (including phenoxy) is 1. The maximum absolute atomic E-state index is 12.5. The molecular weight excluding hydrogens is 376 g/mol. The Kier molecular flexibility index (Phi) is 7.89. The molecule has 1 saturated heterocycles. The zero-order valence-corrected chi connectivity index (χ0v) is 18.1. The lowest BCUT2D eigenvalue weighted by Crippen LogP contribution is -2.50. The molecule has 1 aliphatic rings. The van der Waals surface area contributed by atoms with E-state index in [2.05, 4.69) is 18.2 Å². The molecule has 0 aromatic heterocycles. The van der Waals surface area contributed by atoms with Gasteiger partial charge in [-0.25, -0.2) is 0 Å². The minimum Gasteiger partial charge on any atom is -0.493 e. The van der Waals surface area contributed by atoms with Crippen LogP contribution in [0, 0.1) is 13.8 Å². The van der Waals surface area contributed by atoms with Crippen LogP contribution in [-0.2, 0) is 16.0 Å². The van der Waals surface area contributed by atoms with E-state index >= 15 is 0 Å². The van der Waals surface area contributed by atoms with Crippen LogP contribution in [0.15, 0.2) is 48.5 Å². The predicted octanol–water partition coefficient (Wildman–Crippen LogP) is 3.77. The van der Waals surface area contributed by atoms with Crippen molar-refractivity contribution in [3.05, 3.63) is 65.2 Å². The third-order valence-corrected chi connectivity index (χ3v) is 5.59. The highest BCUT2D eigenvalue weighted by atomic mass is 16.5. The molecule has 2 aromatic rings. The van der Waals surface area contributed by atoms with Crippen molar-refractivity contribution in [3.63, 3.8) is 0 Å². The number of benzene rings is 2. The zero-order chi connectivity index (χ0) is 21.3. The van der Waals surface area contributed by atoms with Crippen molar-refractivity contribution in [1.29, 1.82) is 0 Å². The van der Waals surface area contributed by atoms with Crippen LogP contribution < -0.4 is 4.74 Å². The molecule has 0 spiro atoms. The fourth-order valence-corrected chi connectivity index (χ4v) is 3.82. The molecule has 0 bridgehead atoms. The number of nitrogens with zero attached hydrogens (tertiary/aromatic N) is 2. The molecule has 3 rings (SSSR count). The smallest absolute Gasteiger partial charge is 0.226 e. The monoisotopic (exact) mass is 408 g/mol. The summed E-state index contributed by atoms with van der Waals surface area (Å²) in [5, 5.41) is 0. The van der Waals surface area contributed by atoms with Gasteiger partial charge in [0, 0.05) is 32.6 Å². The second-order valence-electron chi connectivity index (χ2n) is 7.97. The van der Waals surface area contributed by atoms with E-state index in [1.807, 2.05) is 54.0 Å². The summed E-state index contributed by atoms with van der Waals surface area (Å²) >= 11 is 0. The van der Waals surface area contributed by atoms with Gasteiger partial charge in [0.25, 0.3) is 0 Å². The Morgan fingerprint density at radius 2 is 1.50 bits per heavy atom. The lowest BCUT2D eigenvalue weighted by atomic mass is 10.1. The number of piperazine rings is 1. The summed E-state index contributed by atoms with van der Waals surface area (Å²) < 4.78 is 5.78. The molecule has 2 amide bonds. The molecule has 0 atom stereocenters. The van der Waals surface area contributed by atoms with Gasteiger partial charge < -0.3 is 14.5 Å². The summed E-state index contributed by atoms with van der Waals surface area (Å²) in [6.45, 7) is 6.89. The molecule has 0 saturated carbocycles. The van der Waals surface area contributed by atoms with E-state index in [1.54, 1.807) is 0 Å². The first kappa shape index (κ1) is 21.9. The third-order valence-electron chi connectivity index (χ3n) is 5.59. The van der Waals surface area contributed by atoms with Crippen molar-refractivity contribution in [2.45, 2.75) is 39.5 Å². The highest BCUT2D eigenvalue weighted by Crippen LogP contribution is 2.19. The molecular formula is C25H32N2O3. The zero-order valence-electron chi connectivity index (χ0n) is 18.1. The molecule has 30 heavy (non-hydrogen) atoms. The van der Waals surface area contributed by atoms with Gasteiger partial charge in [-0.15, -0.1) is 0 Å². The number of hydrogen-bond donors (Lipinski definition) is 0. The summed E-state index contributed by atoms with van der Waals surface area (Å²) in [7, 11) is 0. The lowest BCUT2D eigenvalue weighted by Gasteiger charge is -2.35. The number of amides is 2. The normalized spacial score (nSPS) is 13.9. The van der Waals surface area contributed by atoms with E-state index in [1.165, 1.54) is 11.1 Å². The predicted molar refractivity (Wildman–Crippen MR) is 119 cm³/mol. The van der Waals surface area contributed by atoms with E-state index in [0.717, 1.165) is 24.2 Å². The van der Waals surface area contributed by atoms with Crippen LogP contribution in [0.1, 0.15) is 36.0 Å². The van der Waals surface area contributed by atoms with Crippen LogP contribution in [-0.4, -0.2) is 54.4 Å². The Morgan fingerprint density at radius 3 is 2.13 bits per heavy atom. The minimum atomic E-state index is 0.0935. The molecule has 0 N–H and O–H groups in total. The van der Waals surface area contributed by atoms with Crippen LogP contribution in [0.5, 0.6) is 5.75 Å². The van der Waals surface area contributed by atoms with Gasteiger partial charge in [-0.05, 0) is 43.9 Å². The van der Waals surface area contributed by atoms with Gasteiger partial charge in [-0.2, -0.15) is 0 Å². The Morgan fingerprint density at radius 1 is 0.867 bits per heavy atom. The first-order valence-electron chi connectivity index (χ1n) is 10.8. The highest BCUT2D eigenvalue weighted by Gasteiger charge is 2.23. The second-order valence-corrected chi connectivity index (χ2v) is 7.97. The summed E-state index contributed by atoms with van der Waals surface area (Å²) in [5.74, 6) is 1.12. The summed E-state index contributed by atoms with van der Waals surface area (Å²) in [5.41, 5.74) is 3.55. The molecule has 160 valence electrons. The number of carbonyl (C=O) groups excluding carboxylic acids is 2.